The molecule has 0 spiro atoms. The first-order valence-corrected chi connectivity index (χ1v) is 8.45. The van der Waals surface area contributed by atoms with E-state index in [1.165, 1.54) is 6.92 Å². The summed E-state index contributed by atoms with van der Waals surface area (Å²) in [5.41, 5.74) is -0.782. The van der Waals surface area contributed by atoms with Crippen molar-refractivity contribution in [1.29, 1.82) is 0 Å². The Morgan fingerprint density at radius 3 is 1.73 bits per heavy atom. The predicted molar refractivity (Wildman–Crippen MR) is 90.4 cm³/mol. The summed E-state index contributed by atoms with van der Waals surface area (Å²) in [6.45, 7) is 12.7. The van der Waals surface area contributed by atoms with E-state index >= 15 is 0 Å². The third-order valence-corrected chi connectivity index (χ3v) is 4.46. The van der Waals surface area contributed by atoms with Crippen molar-refractivity contribution in [2.45, 2.75) is 61.0 Å². The number of hydrogen-bond donors (Lipinski definition) is 1. The fourth-order valence-corrected chi connectivity index (χ4v) is 3.20. The average molecular weight is 622 g/mol. The first-order chi connectivity index (χ1) is 11.2. The van der Waals surface area contributed by atoms with Crippen molar-refractivity contribution >= 4 is 23.8 Å². The summed E-state index contributed by atoms with van der Waals surface area (Å²) < 4.78 is 4.74. The van der Waals surface area contributed by atoms with Crippen LogP contribution in [0.25, 0.3) is 0 Å². The van der Waals surface area contributed by atoms with Crippen LogP contribution in [0.1, 0.15) is 54.9 Å². The van der Waals surface area contributed by atoms with Crippen molar-refractivity contribution < 1.29 is 29.0 Å². The minimum atomic E-state index is -1.26. The Morgan fingerprint density at radius 1 is 1.04 bits per heavy atom. The number of ether oxygens (including phenoxy) is 1. The largest absolute Gasteiger partial charge is 0.479 e. The number of carbonyl (C=O) groups excluding carboxylic acids is 3. The molecule has 1 aliphatic rings. The van der Waals surface area contributed by atoms with Gasteiger partial charge in [-0.15, -0.1) is 0 Å². The molecule has 1 aliphatic heterocycles. The Balaban J connectivity index is 0.00000625. The van der Waals surface area contributed by atoms with Gasteiger partial charge in [-0.25, -0.2) is 4.79 Å². The predicted octanol–water partition coefficient (Wildman–Crippen LogP) is 2.09. The van der Waals surface area contributed by atoms with E-state index in [9.17, 15) is 19.2 Å². The van der Waals surface area contributed by atoms with Crippen LogP contribution in [-0.4, -0.2) is 46.4 Å². The summed E-state index contributed by atoms with van der Waals surface area (Å²) in [6.07, 6.45) is -1.48. The zero-order valence-electron chi connectivity index (χ0n) is 16.8. The van der Waals surface area contributed by atoms with Crippen LogP contribution in [0.2, 0.25) is 0 Å². The SMILES string of the molecule is CC(OC(=O)CCN1C(=O)C(C(C)(C)C)C(C(C)(C)C)C1=O)C(=O)O.[Rf]. The van der Waals surface area contributed by atoms with E-state index in [1.807, 2.05) is 41.5 Å². The number of carbonyl (C=O) groups is 4. The maximum absolute atomic E-state index is 12.8. The molecular formula is C18H29NO6Rf. The Bertz CT molecular complexity index is 543. The van der Waals surface area contributed by atoms with Gasteiger partial charge < -0.3 is 9.84 Å². The molecule has 1 rings (SSSR count). The minimum absolute atomic E-state index is 0. The van der Waals surface area contributed by atoms with Gasteiger partial charge in [0.05, 0.1) is 18.3 Å². The summed E-state index contributed by atoms with van der Waals surface area (Å²) in [6, 6.07) is 0. The van der Waals surface area contributed by atoms with E-state index < -0.39 is 40.7 Å². The Labute approximate surface area is 148 Å². The fraction of sp³-hybridized carbons (Fsp3) is 0.778. The van der Waals surface area contributed by atoms with Crippen molar-refractivity contribution in [3.8, 4) is 0 Å². The van der Waals surface area contributed by atoms with Crippen LogP contribution in [0.5, 0.6) is 0 Å². The monoisotopic (exact) mass is 622 g/mol. The van der Waals surface area contributed by atoms with Crippen LogP contribution in [0.3, 0.4) is 0 Å². The third-order valence-electron chi connectivity index (χ3n) is 4.46. The van der Waals surface area contributed by atoms with Crippen LogP contribution in [-0.2, 0) is 23.9 Å². The molecule has 8 heteroatoms. The van der Waals surface area contributed by atoms with Crippen LogP contribution < -0.4 is 0 Å². The number of esters is 1. The molecule has 1 fully saturated rings. The molecule has 0 aromatic heterocycles. The van der Waals surface area contributed by atoms with Gasteiger partial charge in [0.2, 0.25) is 11.8 Å². The number of aliphatic carboxylic acids is 1. The maximum atomic E-state index is 12.8. The van der Waals surface area contributed by atoms with Crippen molar-refractivity contribution in [1.82, 2.24) is 4.90 Å². The normalized spacial score (nSPS) is 22.0. The van der Waals surface area contributed by atoms with Crippen molar-refractivity contribution in [3.05, 3.63) is 0 Å². The molecule has 26 heavy (non-hydrogen) atoms. The second kappa shape index (κ2) is 7.54. The topological polar surface area (TPSA) is 101 Å². The minimum Gasteiger partial charge on any atom is -0.479 e. The van der Waals surface area contributed by atoms with Crippen LogP contribution >= 0.6 is 0 Å². The molecule has 0 saturated carbocycles. The summed E-state index contributed by atoms with van der Waals surface area (Å²) in [7, 11) is 0. The van der Waals surface area contributed by atoms with E-state index in [2.05, 4.69) is 0 Å². The quantitative estimate of drug-likeness (QED) is 0.373. The molecule has 144 valence electrons. The van der Waals surface area contributed by atoms with Gasteiger partial charge in [0.1, 0.15) is 0 Å². The molecule has 3 unspecified atom stereocenters. The molecular weight excluding hydrogens is 593 g/mol. The molecule has 0 radical (unpaired) electrons. The molecule has 0 aliphatic carbocycles. The third kappa shape index (κ3) is 4.80. The van der Waals surface area contributed by atoms with E-state index in [-0.39, 0.29) is 24.8 Å². The van der Waals surface area contributed by atoms with Crippen LogP contribution in [0, 0.1) is 22.7 Å². The zero-order chi connectivity index (χ0) is 19.7. The Hall–Kier alpha value is -2.92. The van der Waals surface area contributed by atoms with Gasteiger partial charge in [-0.1, -0.05) is 41.5 Å². The second-order valence-electron chi connectivity index (χ2n) is 8.74. The van der Waals surface area contributed by atoms with E-state index in [1.54, 1.807) is 0 Å². The van der Waals surface area contributed by atoms with Gasteiger partial charge >= 0.3 is 11.9 Å². The van der Waals surface area contributed by atoms with E-state index in [0.29, 0.717) is 0 Å². The molecule has 1 heterocycles. The first kappa shape index (κ1) is 23.1. The molecule has 0 bridgehead atoms. The van der Waals surface area contributed by atoms with Gasteiger partial charge in [0, 0.05) is 6.54 Å². The van der Waals surface area contributed by atoms with Crippen molar-refractivity contribution in [3.63, 3.8) is 0 Å². The number of imide groups is 1. The zero-order valence-corrected chi connectivity index (χ0v) is 23.2. The summed E-state index contributed by atoms with van der Waals surface area (Å²) >= 11 is 0. The molecule has 0 aromatic rings. The Morgan fingerprint density at radius 2 is 1.42 bits per heavy atom. The molecule has 2 amide bonds. The van der Waals surface area contributed by atoms with Crippen LogP contribution in [0.15, 0.2) is 0 Å². The number of likely N-dealkylation sites (tertiary alicyclic amines) is 1. The number of nitrogens with zero attached hydrogens (tertiary/aromatic N) is 1. The number of carboxylic acid groups (broad SMARTS) is 1. The first-order valence-electron chi connectivity index (χ1n) is 8.45. The number of amides is 2. The second-order valence-corrected chi connectivity index (χ2v) is 8.74. The van der Waals surface area contributed by atoms with E-state index in [0.717, 1.165) is 4.90 Å². The smallest absolute Gasteiger partial charge is 0.344 e. The summed E-state index contributed by atoms with van der Waals surface area (Å²) in [4.78, 5) is 49.2. The molecule has 1 saturated heterocycles. The van der Waals surface area contributed by atoms with Crippen molar-refractivity contribution in [2.24, 2.45) is 22.7 Å². The molecule has 3 atom stereocenters. The fourth-order valence-electron chi connectivity index (χ4n) is 3.20. The molecule has 0 aromatic carbocycles. The number of rotatable bonds is 5. The van der Waals surface area contributed by atoms with Crippen LogP contribution in [0.4, 0.5) is 0 Å². The number of carboxylic acids is 1. The average Bonchev–Trinajstić information content (AvgIpc) is 2.67. The van der Waals surface area contributed by atoms with E-state index in [4.69, 9.17) is 9.84 Å². The van der Waals surface area contributed by atoms with Gasteiger partial charge in [0.15, 0.2) is 6.10 Å². The van der Waals surface area contributed by atoms with Crippen molar-refractivity contribution in [2.75, 3.05) is 6.54 Å². The van der Waals surface area contributed by atoms with Gasteiger partial charge in [-0.2, -0.15) is 0 Å². The summed E-state index contributed by atoms with van der Waals surface area (Å²) in [5, 5.41) is 8.75. The number of hydrogen-bond acceptors (Lipinski definition) is 5. The molecule has 7 nitrogen and oxygen atoms in total. The van der Waals surface area contributed by atoms with Gasteiger partial charge in [-0.05, 0) is 17.8 Å². The maximum Gasteiger partial charge on any atom is 0.344 e. The standard InChI is InChI=1S/C18H29NO6.Rf/c1-10(16(23)24)25-11(20)8-9-19-14(21)12(17(2,3)4)13(15(19)22)18(5,6)7;/h10,12-13H,8-9H2,1-7H3,(H,23,24);. The van der Waals surface area contributed by atoms with Gasteiger partial charge in [-0.3, -0.25) is 19.3 Å². The molecule has 1 N–H and O–H groups in total. The Kier molecular flexibility index (Phi) is 6.69. The summed E-state index contributed by atoms with van der Waals surface area (Å²) in [5.74, 6) is -3.49. The van der Waals surface area contributed by atoms with Gasteiger partial charge in [0.25, 0.3) is 0 Å².